The van der Waals surface area contributed by atoms with Crippen molar-refractivity contribution in [1.29, 1.82) is 0 Å². The minimum atomic E-state index is -0.812. The van der Waals surface area contributed by atoms with Gasteiger partial charge in [-0.1, -0.05) is 0 Å². The van der Waals surface area contributed by atoms with Gasteiger partial charge in [-0.15, -0.1) is 12.4 Å². The first-order chi connectivity index (χ1) is 6.59. The van der Waals surface area contributed by atoms with Crippen molar-refractivity contribution in [3.05, 3.63) is 0 Å². The molecule has 1 aliphatic heterocycles. The minimum Gasteiger partial charge on any atom is -0.351 e. The van der Waals surface area contributed by atoms with E-state index in [0.717, 1.165) is 19.5 Å². The monoisotopic (exact) mass is 236 g/mol. The van der Waals surface area contributed by atoms with E-state index in [0.29, 0.717) is 6.04 Å². The van der Waals surface area contributed by atoms with Crippen LogP contribution >= 0.6 is 12.4 Å². The van der Waals surface area contributed by atoms with E-state index in [1.165, 1.54) is 0 Å². The molecule has 1 aliphatic rings. The predicted molar refractivity (Wildman–Crippen MR) is 58.8 cm³/mol. The Morgan fingerprint density at radius 1 is 1.53 bits per heavy atom. The third kappa shape index (κ3) is 4.96. The summed E-state index contributed by atoms with van der Waals surface area (Å²) in [6, 6.07) is -0.913. The fourth-order valence-electron chi connectivity index (χ4n) is 1.46. The normalized spacial score (nSPS) is 21.5. The van der Waals surface area contributed by atoms with Crippen molar-refractivity contribution in [2.24, 2.45) is 5.73 Å². The molecule has 1 heterocycles. The summed E-state index contributed by atoms with van der Waals surface area (Å²) < 4.78 is 0. The first-order valence-electron chi connectivity index (χ1n) is 4.66. The summed E-state index contributed by atoms with van der Waals surface area (Å²) in [5, 5.41) is 8.31. The van der Waals surface area contributed by atoms with Crippen LogP contribution in [0.2, 0.25) is 0 Å². The third-order valence-electron chi connectivity index (χ3n) is 2.19. The Morgan fingerprint density at radius 3 is 2.67 bits per heavy atom. The van der Waals surface area contributed by atoms with Gasteiger partial charge in [0.25, 0.3) is 0 Å². The van der Waals surface area contributed by atoms with Crippen LogP contribution in [0.3, 0.4) is 0 Å². The lowest BCUT2D eigenvalue weighted by atomic mass is 10.2. The molecule has 0 aromatic carbocycles. The van der Waals surface area contributed by atoms with Gasteiger partial charge < -0.3 is 16.4 Å². The van der Waals surface area contributed by atoms with Crippen LogP contribution in [0.1, 0.15) is 13.3 Å². The number of imide groups is 1. The highest BCUT2D eigenvalue weighted by Gasteiger charge is 2.20. The highest BCUT2D eigenvalue weighted by atomic mass is 35.5. The van der Waals surface area contributed by atoms with Gasteiger partial charge in [-0.2, -0.15) is 0 Å². The van der Waals surface area contributed by atoms with Crippen molar-refractivity contribution >= 4 is 24.3 Å². The summed E-state index contributed by atoms with van der Waals surface area (Å²) in [6.45, 7) is 3.52. The molecule has 3 amide bonds. The summed E-state index contributed by atoms with van der Waals surface area (Å²) in [4.78, 5) is 21.6. The molecule has 5 N–H and O–H groups in total. The number of amides is 3. The zero-order chi connectivity index (χ0) is 10.6. The second kappa shape index (κ2) is 6.60. The average Bonchev–Trinajstić information content (AvgIpc) is 2.55. The molecule has 1 fully saturated rings. The molecule has 1 rings (SSSR count). The van der Waals surface area contributed by atoms with Gasteiger partial charge in [0.2, 0.25) is 5.91 Å². The molecular weight excluding hydrogens is 220 g/mol. The molecule has 0 radical (unpaired) electrons. The van der Waals surface area contributed by atoms with Gasteiger partial charge in [0.05, 0.1) is 6.04 Å². The SMILES string of the molecule is CC(NC1CCNC1)C(=O)NC(N)=O.Cl. The van der Waals surface area contributed by atoms with E-state index in [9.17, 15) is 9.59 Å². The van der Waals surface area contributed by atoms with E-state index < -0.39 is 12.1 Å². The van der Waals surface area contributed by atoms with Crippen LogP contribution in [0.25, 0.3) is 0 Å². The Kier molecular flexibility index (Phi) is 6.23. The van der Waals surface area contributed by atoms with Gasteiger partial charge in [-0.3, -0.25) is 10.1 Å². The fraction of sp³-hybridized carbons (Fsp3) is 0.750. The molecule has 0 bridgehead atoms. The predicted octanol–water partition coefficient (Wildman–Crippen LogP) is -1.06. The van der Waals surface area contributed by atoms with Gasteiger partial charge in [-0.05, 0) is 19.9 Å². The van der Waals surface area contributed by atoms with Crippen LogP contribution in [0.4, 0.5) is 4.79 Å². The van der Waals surface area contributed by atoms with Crippen molar-refractivity contribution in [3.63, 3.8) is 0 Å². The fourth-order valence-corrected chi connectivity index (χ4v) is 1.46. The van der Waals surface area contributed by atoms with E-state index >= 15 is 0 Å². The molecule has 7 heteroatoms. The maximum atomic E-state index is 11.2. The smallest absolute Gasteiger partial charge is 0.318 e. The number of hydrogen-bond acceptors (Lipinski definition) is 4. The molecule has 1 saturated heterocycles. The first-order valence-corrected chi connectivity index (χ1v) is 4.66. The van der Waals surface area contributed by atoms with Gasteiger partial charge >= 0.3 is 6.03 Å². The number of hydrogen-bond donors (Lipinski definition) is 4. The number of nitrogens with two attached hydrogens (primary N) is 1. The zero-order valence-corrected chi connectivity index (χ0v) is 9.39. The van der Waals surface area contributed by atoms with E-state index in [4.69, 9.17) is 5.73 Å². The number of nitrogens with one attached hydrogen (secondary N) is 3. The molecule has 0 aromatic rings. The number of primary amides is 1. The summed E-state index contributed by atoms with van der Waals surface area (Å²) in [5.41, 5.74) is 4.83. The molecule has 0 aliphatic carbocycles. The van der Waals surface area contributed by atoms with Gasteiger partial charge in [0, 0.05) is 12.6 Å². The highest BCUT2D eigenvalue weighted by Crippen LogP contribution is 1.98. The molecule has 0 spiro atoms. The van der Waals surface area contributed by atoms with E-state index in [1.807, 2.05) is 5.32 Å². The van der Waals surface area contributed by atoms with Crippen molar-refractivity contribution < 1.29 is 9.59 Å². The van der Waals surface area contributed by atoms with E-state index in [1.54, 1.807) is 6.92 Å². The largest absolute Gasteiger partial charge is 0.351 e. The lowest BCUT2D eigenvalue weighted by molar-refractivity contribution is -0.121. The summed E-state index contributed by atoms with van der Waals surface area (Å²) in [6.07, 6.45) is 0.994. The van der Waals surface area contributed by atoms with Crippen molar-refractivity contribution in [2.75, 3.05) is 13.1 Å². The summed E-state index contributed by atoms with van der Waals surface area (Å²) in [5.74, 6) is -0.385. The highest BCUT2D eigenvalue weighted by molar-refractivity contribution is 5.96. The van der Waals surface area contributed by atoms with Crippen molar-refractivity contribution in [3.8, 4) is 0 Å². The number of halogens is 1. The zero-order valence-electron chi connectivity index (χ0n) is 8.58. The minimum absolute atomic E-state index is 0. The quantitative estimate of drug-likeness (QED) is 0.503. The van der Waals surface area contributed by atoms with Crippen LogP contribution in [0.15, 0.2) is 0 Å². The Hall–Kier alpha value is -0.850. The number of rotatable bonds is 3. The second-order valence-corrected chi connectivity index (χ2v) is 3.43. The van der Waals surface area contributed by atoms with Crippen LogP contribution in [0.5, 0.6) is 0 Å². The van der Waals surface area contributed by atoms with Gasteiger partial charge in [0.1, 0.15) is 0 Å². The first kappa shape index (κ1) is 14.2. The average molecular weight is 237 g/mol. The maximum Gasteiger partial charge on any atom is 0.318 e. The summed E-state index contributed by atoms with van der Waals surface area (Å²) in [7, 11) is 0. The van der Waals surface area contributed by atoms with Gasteiger partial charge in [0.15, 0.2) is 0 Å². The Labute approximate surface area is 94.8 Å². The van der Waals surface area contributed by atoms with Crippen LogP contribution in [-0.2, 0) is 4.79 Å². The second-order valence-electron chi connectivity index (χ2n) is 3.43. The van der Waals surface area contributed by atoms with Crippen molar-refractivity contribution in [1.82, 2.24) is 16.0 Å². The van der Waals surface area contributed by atoms with Crippen LogP contribution in [-0.4, -0.2) is 37.1 Å². The molecule has 88 valence electrons. The van der Waals surface area contributed by atoms with E-state index in [-0.39, 0.29) is 18.3 Å². The number of carbonyl (C=O) groups excluding carboxylic acids is 2. The molecule has 2 atom stereocenters. The molecular formula is C8H17ClN4O2. The number of urea groups is 1. The Bertz CT molecular complexity index is 231. The standard InChI is InChI=1S/C8H16N4O2.ClH/c1-5(7(13)12-8(9)14)11-6-2-3-10-4-6;/h5-6,10-11H,2-4H2,1H3,(H3,9,12,13,14);1H. The lowest BCUT2D eigenvalue weighted by Crippen LogP contribution is -2.49. The van der Waals surface area contributed by atoms with E-state index in [2.05, 4.69) is 10.6 Å². The molecule has 0 saturated carbocycles. The number of carbonyl (C=O) groups is 2. The third-order valence-corrected chi connectivity index (χ3v) is 2.19. The van der Waals surface area contributed by atoms with Gasteiger partial charge in [-0.25, -0.2) is 4.79 Å². The maximum absolute atomic E-state index is 11.2. The topological polar surface area (TPSA) is 96.2 Å². The Balaban J connectivity index is 0.00000196. The molecule has 6 nitrogen and oxygen atoms in total. The molecule has 2 unspecified atom stereocenters. The van der Waals surface area contributed by atoms with Crippen LogP contribution < -0.4 is 21.7 Å². The van der Waals surface area contributed by atoms with Crippen molar-refractivity contribution in [2.45, 2.75) is 25.4 Å². The lowest BCUT2D eigenvalue weighted by Gasteiger charge is -2.17. The summed E-state index contributed by atoms with van der Waals surface area (Å²) >= 11 is 0. The molecule has 0 aromatic heterocycles. The Morgan fingerprint density at radius 2 is 2.20 bits per heavy atom. The molecule has 15 heavy (non-hydrogen) atoms. The van der Waals surface area contributed by atoms with Crippen LogP contribution in [0, 0.1) is 0 Å².